The monoisotopic (exact) mass is 238 g/mol. The van der Waals surface area contributed by atoms with Crippen LogP contribution in [0.5, 0.6) is 0 Å². The summed E-state index contributed by atoms with van der Waals surface area (Å²) in [5, 5.41) is 18.8. The normalized spacial score (nSPS) is 30.7. The topological polar surface area (TPSA) is 54.2 Å². The lowest BCUT2D eigenvalue weighted by atomic mass is 9.84. The van der Waals surface area contributed by atoms with Gasteiger partial charge in [0.25, 0.3) is 0 Å². The summed E-state index contributed by atoms with van der Waals surface area (Å²) in [7, 11) is 2.10. The van der Waals surface area contributed by atoms with Crippen LogP contribution in [0.15, 0.2) is 6.20 Å². The summed E-state index contributed by atoms with van der Waals surface area (Å²) in [4.78, 5) is 2.28. The van der Waals surface area contributed by atoms with E-state index in [2.05, 4.69) is 36.1 Å². The highest BCUT2D eigenvalue weighted by atomic mass is 16.3. The average molecular weight is 238 g/mol. The fourth-order valence-electron chi connectivity index (χ4n) is 2.56. The molecule has 17 heavy (non-hydrogen) atoms. The number of aryl methyl sites for hydroxylation is 1. The maximum atomic E-state index is 10.8. The van der Waals surface area contributed by atoms with E-state index in [1.807, 2.05) is 4.68 Å². The van der Waals surface area contributed by atoms with Crippen LogP contribution >= 0.6 is 0 Å². The van der Waals surface area contributed by atoms with Crippen molar-refractivity contribution in [2.45, 2.75) is 51.3 Å². The highest BCUT2D eigenvalue weighted by Crippen LogP contribution is 2.34. The van der Waals surface area contributed by atoms with Crippen LogP contribution in [0.4, 0.5) is 0 Å². The minimum absolute atomic E-state index is 0.388. The largest absolute Gasteiger partial charge is 0.383 e. The van der Waals surface area contributed by atoms with Crippen molar-refractivity contribution in [3.05, 3.63) is 11.9 Å². The Morgan fingerprint density at radius 1 is 1.59 bits per heavy atom. The van der Waals surface area contributed by atoms with Gasteiger partial charge in [0.2, 0.25) is 0 Å². The van der Waals surface area contributed by atoms with E-state index < -0.39 is 5.60 Å². The Labute approximate surface area is 102 Å². The molecule has 2 atom stereocenters. The molecule has 1 fully saturated rings. The molecule has 0 amide bonds. The van der Waals surface area contributed by atoms with Gasteiger partial charge >= 0.3 is 0 Å². The molecule has 2 heterocycles. The van der Waals surface area contributed by atoms with Crippen molar-refractivity contribution in [3.63, 3.8) is 0 Å². The summed E-state index contributed by atoms with van der Waals surface area (Å²) >= 11 is 0. The van der Waals surface area contributed by atoms with Gasteiger partial charge < -0.3 is 10.0 Å². The summed E-state index contributed by atoms with van der Waals surface area (Å²) < 4.78 is 1.85. The van der Waals surface area contributed by atoms with Crippen LogP contribution in [0.2, 0.25) is 0 Å². The zero-order valence-electron chi connectivity index (χ0n) is 10.9. The second-order valence-electron chi connectivity index (χ2n) is 5.16. The smallest absolute Gasteiger partial charge is 0.110 e. The lowest BCUT2D eigenvalue weighted by Gasteiger charge is -2.40. The third-order valence-corrected chi connectivity index (χ3v) is 3.79. The maximum absolute atomic E-state index is 10.8. The van der Waals surface area contributed by atoms with Crippen molar-refractivity contribution < 1.29 is 5.11 Å². The molecule has 5 nitrogen and oxygen atoms in total. The number of rotatable bonds is 3. The van der Waals surface area contributed by atoms with Crippen molar-refractivity contribution in [2.24, 2.45) is 0 Å². The molecule has 1 aromatic rings. The first-order chi connectivity index (χ1) is 8.07. The van der Waals surface area contributed by atoms with Gasteiger partial charge in [0, 0.05) is 19.1 Å². The van der Waals surface area contributed by atoms with Gasteiger partial charge in [-0.05, 0) is 33.2 Å². The third kappa shape index (κ3) is 2.35. The molecule has 2 rings (SSSR count). The fraction of sp³-hybridized carbons (Fsp3) is 0.833. The molecule has 0 saturated carbocycles. The molecule has 96 valence electrons. The van der Waals surface area contributed by atoms with Gasteiger partial charge in [0.15, 0.2) is 0 Å². The summed E-state index contributed by atoms with van der Waals surface area (Å²) in [6, 6.07) is 0.388. The fourth-order valence-corrected chi connectivity index (χ4v) is 2.56. The van der Waals surface area contributed by atoms with Crippen molar-refractivity contribution in [1.82, 2.24) is 19.9 Å². The Morgan fingerprint density at radius 3 is 3.00 bits per heavy atom. The lowest BCUT2D eigenvalue weighted by Crippen LogP contribution is -2.46. The van der Waals surface area contributed by atoms with Crippen LogP contribution in [-0.2, 0) is 12.1 Å². The number of hydrogen-bond acceptors (Lipinski definition) is 4. The van der Waals surface area contributed by atoms with E-state index in [1.165, 1.54) is 0 Å². The third-order valence-electron chi connectivity index (χ3n) is 3.79. The molecular formula is C12H22N4O. The molecule has 5 heteroatoms. The molecule has 1 aliphatic heterocycles. The Hall–Kier alpha value is -0.940. The first-order valence-corrected chi connectivity index (χ1v) is 6.38. The first-order valence-electron chi connectivity index (χ1n) is 6.38. The highest BCUT2D eigenvalue weighted by Gasteiger charge is 2.39. The van der Waals surface area contributed by atoms with Crippen molar-refractivity contribution >= 4 is 0 Å². The number of aliphatic hydroxyl groups is 1. The lowest BCUT2D eigenvalue weighted by molar-refractivity contribution is -0.0472. The van der Waals surface area contributed by atoms with Crippen LogP contribution < -0.4 is 0 Å². The number of likely N-dealkylation sites (tertiary alicyclic amines) is 1. The van der Waals surface area contributed by atoms with E-state index in [4.69, 9.17) is 0 Å². The Morgan fingerprint density at radius 2 is 2.35 bits per heavy atom. The van der Waals surface area contributed by atoms with Crippen LogP contribution in [0.3, 0.4) is 0 Å². The van der Waals surface area contributed by atoms with Crippen LogP contribution in [0, 0.1) is 0 Å². The van der Waals surface area contributed by atoms with Gasteiger partial charge in [-0.25, -0.2) is 4.68 Å². The first kappa shape index (κ1) is 12.5. The molecule has 1 N–H and O–H groups in total. The summed E-state index contributed by atoms with van der Waals surface area (Å²) in [5.41, 5.74) is 0.115. The van der Waals surface area contributed by atoms with E-state index >= 15 is 0 Å². The average Bonchev–Trinajstić information content (AvgIpc) is 2.74. The Kier molecular flexibility index (Phi) is 3.49. The predicted molar refractivity (Wildman–Crippen MR) is 65.5 cm³/mol. The standard InChI is InChI=1S/C12H22N4O/c1-4-6-16-11(9-13-14-16)12(17)5-7-15(3)10(2)8-12/h9-10,17H,4-8H2,1-3H3. The number of nitrogens with zero attached hydrogens (tertiary/aromatic N) is 4. The van der Waals surface area contributed by atoms with Gasteiger partial charge in [-0.3, -0.25) is 0 Å². The summed E-state index contributed by atoms with van der Waals surface area (Å²) in [5.74, 6) is 0. The quantitative estimate of drug-likeness (QED) is 0.853. The van der Waals surface area contributed by atoms with Crippen molar-refractivity contribution in [3.8, 4) is 0 Å². The zero-order chi connectivity index (χ0) is 12.5. The van der Waals surface area contributed by atoms with E-state index in [-0.39, 0.29) is 0 Å². The van der Waals surface area contributed by atoms with Crippen LogP contribution in [0.25, 0.3) is 0 Å². The van der Waals surface area contributed by atoms with E-state index in [9.17, 15) is 5.11 Å². The molecule has 0 radical (unpaired) electrons. The zero-order valence-corrected chi connectivity index (χ0v) is 10.9. The number of aromatic nitrogens is 3. The SMILES string of the molecule is CCCn1nncc1C1(O)CCN(C)C(C)C1. The molecule has 1 aromatic heterocycles. The molecule has 0 spiro atoms. The second kappa shape index (κ2) is 4.74. The number of piperidine rings is 1. The number of hydrogen-bond donors (Lipinski definition) is 1. The van der Waals surface area contributed by atoms with Gasteiger partial charge in [0.05, 0.1) is 11.9 Å². The highest BCUT2D eigenvalue weighted by molar-refractivity contribution is 5.11. The summed E-state index contributed by atoms with van der Waals surface area (Å²) in [6.45, 7) is 5.99. The molecule has 0 aromatic carbocycles. The minimum atomic E-state index is -0.759. The molecule has 0 aliphatic carbocycles. The van der Waals surface area contributed by atoms with Gasteiger partial charge in [-0.2, -0.15) is 0 Å². The van der Waals surface area contributed by atoms with Gasteiger partial charge in [-0.1, -0.05) is 12.1 Å². The van der Waals surface area contributed by atoms with E-state index in [0.29, 0.717) is 6.04 Å². The van der Waals surface area contributed by atoms with E-state index in [0.717, 1.165) is 38.0 Å². The van der Waals surface area contributed by atoms with Crippen molar-refractivity contribution in [1.29, 1.82) is 0 Å². The molecule has 1 saturated heterocycles. The Balaban J connectivity index is 2.22. The minimum Gasteiger partial charge on any atom is -0.383 e. The van der Waals surface area contributed by atoms with Crippen LogP contribution in [-0.4, -0.2) is 44.6 Å². The van der Waals surface area contributed by atoms with Crippen molar-refractivity contribution in [2.75, 3.05) is 13.6 Å². The Bertz CT molecular complexity index is 378. The van der Waals surface area contributed by atoms with Gasteiger partial charge in [0.1, 0.15) is 5.60 Å². The molecule has 1 aliphatic rings. The molecule has 0 bridgehead atoms. The molecular weight excluding hydrogens is 216 g/mol. The van der Waals surface area contributed by atoms with Gasteiger partial charge in [-0.15, -0.1) is 5.10 Å². The maximum Gasteiger partial charge on any atom is 0.110 e. The van der Waals surface area contributed by atoms with E-state index in [1.54, 1.807) is 6.20 Å². The summed E-state index contributed by atoms with van der Waals surface area (Å²) in [6.07, 6.45) is 4.22. The second-order valence-corrected chi connectivity index (χ2v) is 5.16. The predicted octanol–water partition coefficient (Wildman–Crippen LogP) is 0.990. The molecule has 2 unspecified atom stereocenters. The van der Waals surface area contributed by atoms with Crippen LogP contribution in [0.1, 0.15) is 38.8 Å².